The van der Waals surface area contributed by atoms with E-state index in [2.05, 4.69) is 25.1 Å². The van der Waals surface area contributed by atoms with Crippen molar-refractivity contribution >= 4 is 30.4 Å². The molecule has 2 aliphatic rings. The first-order chi connectivity index (χ1) is 18.6. The number of nitrogens with one attached hydrogen (secondary N) is 1. The van der Waals surface area contributed by atoms with Crippen LogP contribution in [-0.2, 0) is 27.1 Å². The molecule has 40 heavy (non-hydrogen) atoms. The van der Waals surface area contributed by atoms with Crippen molar-refractivity contribution in [2.75, 3.05) is 40.4 Å². The van der Waals surface area contributed by atoms with Gasteiger partial charge in [0.2, 0.25) is 11.5 Å². The number of hydrogen-bond donors (Lipinski definition) is 1. The van der Waals surface area contributed by atoms with Gasteiger partial charge < -0.3 is 33.5 Å². The maximum absolute atomic E-state index is 12.0. The molecule has 4 heterocycles. The van der Waals surface area contributed by atoms with E-state index in [9.17, 15) is 14.4 Å². The zero-order valence-electron chi connectivity index (χ0n) is 23.9. The molecule has 0 aromatic carbocycles. The topological polar surface area (TPSA) is 146 Å². The summed E-state index contributed by atoms with van der Waals surface area (Å²) in [6.45, 7) is 9.05. The van der Waals surface area contributed by atoms with Crippen molar-refractivity contribution in [2.45, 2.75) is 64.9 Å². The van der Waals surface area contributed by atoms with E-state index in [0.717, 1.165) is 63.0 Å². The van der Waals surface area contributed by atoms with E-state index in [1.165, 1.54) is 14.2 Å². The van der Waals surface area contributed by atoms with Crippen molar-refractivity contribution in [1.29, 1.82) is 0 Å². The van der Waals surface area contributed by atoms with Crippen LogP contribution in [0.1, 0.15) is 79.0 Å². The highest BCUT2D eigenvalue weighted by Gasteiger charge is 2.27. The van der Waals surface area contributed by atoms with E-state index in [-0.39, 0.29) is 30.0 Å². The number of likely N-dealkylation sites (tertiary alicyclic amines) is 1. The van der Waals surface area contributed by atoms with Crippen molar-refractivity contribution in [2.24, 2.45) is 11.8 Å². The van der Waals surface area contributed by atoms with Gasteiger partial charge in [-0.2, -0.15) is 0 Å². The highest BCUT2D eigenvalue weighted by atomic mass is 35.5. The van der Waals surface area contributed by atoms with Crippen molar-refractivity contribution in [3.8, 4) is 0 Å². The van der Waals surface area contributed by atoms with E-state index in [1.54, 1.807) is 17.0 Å². The van der Waals surface area contributed by atoms with Crippen LogP contribution in [0.25, 0.3) is 0 Å². The van der Waals surface area contributed by atoms with Gasteiger partial charge in [-0.1, -0.05) is 10.3 Å². The molecule has 13 heteroatoms. The molecule has 2 fully saturated rings. The number of hydrogen-bond acceptors (Lipinski definition) is 11. The lowest BCUT2D eigenvalue weighted by molar-refractivity contribution is 0.0183. The second kappa shape index (κ2) is 15.6. The predicted molar refractivity (Wildman–Crippen MR) is 146 cm³/mol. The van der Waals surface area contributed by atoms with Gasteiger partial charge in [-0.25, -0.2) is 14.4 Å². The van der Waals surface area contributed by atoms with Gasteiger partial charge >= 0.3 is 18.0 Å². The lowest BCUT2D eigenvalue weighted by atomic mass is 9.92. The van der Waals surface area contributed by atoms with Crippen molar-refractivity contribution in [3.63, 3.8) is 0 Å². The predicted octanol–water partition coefficient (Wildman–Crippen LogP) is 4.08. The summed E-state index contributed by atoms with van der Waals surface area (Å²) in [5, 5.41) is 11.1. The molecule has 2 aromatic rings. The smallest absolute Gasteiger partial charge is 0.410 e. The Morgan fingerprint density at radius 3 is 1.75 bits per heavy atom. The fraction of sp³-hybridized carbons (Fsp3) is 0.667. The van der Waals surface area contributed by atoms with Crippen LogP contribution in [0, 0.1) is 11.8 Å². The Bertz CT molecular complexity index is 1080. The van der Waals surface area contributed by atoms with Crippen LogP contribution in [0.2, 0.25) is 0 Å². The van der Waals surface area contributed by atoms with E-state index in [4.69, 9.17) is 13.8 Å². The summed E-state index contributed by atoms with van der Waals surface area (Å²) < 4.78 is 24.4. The van der Waals surface area contributed by atoms with E-state index < -0.39 is 17.5 Å². The molecule has 0 saturated carbocycles. The molecule has 0 spiro atoms. The van der Waals surface area contributed by atoms with Gasteiger partial charge in [0.1, 0.15) is 5.60 Å². The van der Waals surface area contributed by atoms with Crippen LogP contribution in [-0.4, -0.2) is 79.2 Å². The van der Waals surface area contributed by atoms with Gasteiger partial charge in [0, 0.05) is 25.2 Å². The van der Waals surface area contributed by atoms with E-state index >= 15 is 0 Å². The molecule has 0 aliphatic carbocycles. The van der Waals surface area contributed by atoms with Gasteiger partial charge in [-0.3, -0.25) is 0 Å². The van der Waals surface area contributed by atoms with Crippen molar-refractivity contribution in [3.05, 3.63) is 35.0 Å². The van der Waals surface area contributed by atoms with Gasteiger partial charge in [-0.15, -0.1) is 12.4 Å². The maximum Gasteiger partial charge on any atom is 0.410 e. The third-order valence-corrected chi connectivity index (χ3v) is 6.61. The summed E-state index contributed by atoms with van der Waals surface area (Å²) >= 11 is 0. The molecule has 0 unspecified atom stereocenters. The first-order valence-corrected chi connectivity index (χ1v) is 13.3. The normalized spacial score (nSPS) is 16.3. The Labute approximate surface area is 240 Å². The highest BCUT2D eigenvalue weighted by molar-refractivity contribution is 5.86. The Morgan fingerprint density at radius 1 is 0.875 bits per heavy atom. The molecule has 2 aliphatic heterocycles. The van der Waals surface area contributed by atoms with Crippen LogP contribution in [0.3, 0.4) is 0 Å². The first kappa shape index (κ1) is 33.1. The fourth-order valence-electron chi connectivity index (χ4n) is 4.53. The number of amides is 1. The molecule has 1 N–H and O–H groups in total. The number of piperidine rings is 2. The lowest BCUT2D eigenvalue weighted by Crippen LogP contribution is -2.42. The largest absolute Gasteiger partial charge is 0.463 e. The molecule has 224 valence electrons. The van der Waals surface area contributed by atoms with E-state index in [0.29, 0.717) is 24.9 Å². The van der Waals surface area contributed by atoms with Gasteiger partial charge in [-0.05, 0) is 84.2 Å². The van der Waals surface area contributed by atoms with Crippen LogP contribution < -0.4 is 5.32 Å². The minimum absolute atomic E-state index is 0. The summed E-state index contributed by atoms with van der Waals surface area (Å²) in [4.78, 5) is 36.2. The van der Waals surface area contributed by atoms with Gasteiger partial charge in [0.15, 0.2) is 0 Å². The van der Waals surface area contributed by atoms with Crippen LogP contribution in [0.5, 0.6) is 0 Å². The van der Waals surface area contributed by atoms with Crippen LogP contribution in [0.4, 0.5) is 4.79 Å². The molecule has 0 radical (unpaired) electrons. The number of rotatable bonds is 6. The minimum Gasteiger partial charge on any atom is -0.463 e. The lowest BCUT2D eigenvalue weighted by Gasteiger charge is -2.33. The van der Waals surface area contributed by atoms with Gasteiger partial charge in [0.05, 0.1) is 25.6 Å². The number of esters is 2. The Hall–Kier alpha value is -3.12. The second-order valence-corrected chi connectivity index (χ2v) is 10.9. The van der Waals surface area contributed by atoms with E-state index in [1.807, 2.05) is 20.8 Å². The minimum atomic E-state index is -0.525. The third kappa shape index (κ3) is 10.5. The highest BCUT2D eigenvalue weighted by Crippen LogP contribution is 2.23. The molecule has 0 atom stereocenters. The Morgan fingerprint density at radius 2 is 1.32 bits per heavy atom. The number of carbonyl (C=O) groups is 3. The van der Waals surface area contributed by atoms with Crippen molar-refractivity contribution in [1.82, 2.24) is 20.5 Å². The fourth-order valence-corrected chi connectivity index (χ4v) is 4.53. The van der Waals surface area contributed by atoms with Crippen LogP contribution in [0.15, 0.2) is 21.2 Å². The number of aromatic nitrogens is 2. The molecular formula is C27H41ClN4O8. The number of methoxy groups -OCH3 is 2. The average Bonchev–Trinajstić information content (AvgIpc) is 3.58. The maximum atomic E-state index is 12.0. The Kier molecular flexibility index (Phi) is 12.9. The molecule has 12 nitrogen and oxygen atoms in total. The first-order valence-electron chi connectivity index (χ1n) is 13.3. The second-order valence-electron chi connectivity index (χ2n) is 10.9. The molecule has 0 bridgehead atoms. The van der Waals surface area contributed by atoms with Gasteiger partial charge in [0.25, 0.3) is 0 Å². The number of ether oxygens (including phenoxy) is 3. The Balaban J connectivity index is 0.000000290. The summed E-state index contributed by atoms with van der Waals surface area (Å²) in [5.41, 5.74) is 1.10. The average molecular weight is 585 g/mol. The SMILES string of the molecule is COC(=O)c1cc(CC2CCN(C(=O)OC(C)(C)C)CC2)no1.COC(=O)c1cc(CC2CCNCC2)no1.Cl. The monoisotopic (exact) mass is 584 g/mol. The molecule has 2 aromatic heterocycles. The molecule has 1 amide bonds. The summed E-state index contributed by atoms with van der Waals surface area (Å²) in [6, 6.07) is 3.29. The standard InChI is InChI=1S/C16H24N2O5.C11H16N2O3.ClH/c1-16(2,3)22-15(20)18-7-5-11(6-8-18)9-12-10-13(23-17-12)14(19)21-4;1-15-11(14)10-7-9(13-16-10)6-8-2-4-12-5-3-8;/h10-11H,5-9H2,1-4H3;7-8,12H,2-6H2,1H3;1H. The summed E-state index contributed by atoms with van der Waals surface area (Å²) in [5.74, 6) is 0.355. The zero-order chi connectivity index (χ0) is 28.4. The molecule has 4 rings (SSSR count). The number of halogens is 1. The quantitative estimate of drug-likeness (QED) is 0.387. The number of carbonyl (C=O) groups excluding carboxylic acids is 3. The summed E-state index contributed by atoms with van der Waals surface area (Å²) in [7, 11) is 2.63. The number of nitrogens with zero attached hydrogens (tertiary/aromatic N) is 3. The van der Waals surface area contributed by atoms with Crippen molar-refractivity contribution < 1.29 is 37.6 Å². The zero-order valence-corrected chi connectivity index (χ0v) is 24.7. The summed E-state index contributed by atoms with van der Waals surface area (Å²) in [6.07, 6.45) is 5.40. The molecule has 2 saturated heterocycles. The third-order valence-electron chi connectivity index (χ3n) is 6.61. The molecular weight excluding hydrogens is 544 g/mol. The van der Waals surface area contributed by atoms with Crippen LogP contribution >= 0.6 is 12.4 Å².